The van der Waals surface area contributed by atoms with Crippen LogP contribution in [-0.2, 0) is 14.3 Å². The number of rotatable bonds is 2. The zero-order valence-electron chi connectivity index (χ0n) is 10.6. The van der Waals surface area contributed by atoms with E-state index < -0.39 is 11.0 Å². The molecule has 0 unspecified atom stereocenters. The van der Waals surface area contributed by atoms with E-state index in [0.29, 0.717) is 38.5 Å². The molecular formula is C12H19NO4. The Morgan fingerprint density at radius 1 is 1.18 bits per heavy atom. The lowest BCUT2D eigenvalue weighted by Gasteiger charge is -2.35. The van der Waals surface area contributed by atoms with Crippen LogP contribution in [0.4, 0.5) is 4.79 Å². The molecule has 0 saturated carbocycles. The van der Waals surface area contributed by atoms with Crippen LogP contribution < -0.4 is 0 Å². The van der Waals surface area contributed by atoms with E-state index in [1.165, 1.54) is 4.90 Å². The highest BCUT2D eigenvalue weighted by atomic mass is 16.6. The molecule has 1 fully saturated rings. The highest BCUT2D eigenvalue weighted by molar-refractivity contribution is 5.84. The first-order chi connectivity index (χ1) is 7.82. The van der Waals surface area contributed by atoms with Crippen LogP contribution in [0.1, 0.15) is 33.6 Å². The topological polar surface area (TPSA) is 63.7 Å². The van der Waals surface area contributed by atoms with E-state index >= 15 is 0 Å². The standard InChI is InChI=1S/C12H19NO4/c1-11(2,3)17-10(16)13-6-4-12(8-14,9-15)5-7-13/h8-9H,4-7H2,1-3H3. The lowest BCUT2D eigenvalue weighted by molar-refractivity contribution is -0.129. The Morgan fingerprint density at radius 3 is 2.00 bits per heavy atom. The molecule has 1 amide bonds. The number of ether oxygens (including phenoxy) is 1. The molecule has 0 aromatic carbocycles. The Balaban J connectivity index is 2.55. The second kappa shape index (κ2) is 4.85. The fourth-order valence-electron chi connectivity index (χ4n) is 1.70. The van der Waals surface area contributed by atoms with Crippen molar-refractivity contribution < 1.29 is 19.1 Å². The van der Waals surface area contributed by atoms with Crippen molar-refractivity contribution in [2.24, 2.45) is 5.41 Å². The molecule has 5 heteroatoms. The van der Waals surface area contributed by atoms with Crippen LogP contribution in [-0.4, -0.2) is 42.3 Å². The zero-order chi connectivity index (χ0) is 13.1. The summed E-state index contributed by atoms with van der Waals surface area (Å²) in [5.41, 5.74) is -1.43. The van der Waals surface area contributed by atoms with Gasteiger partial charge in [0.15, 0.2) is 0 Å². The van der Waals surface area contributed by atoms with E-state index in [1.54, 1.807) is 20.8 Å². The highest BCUT2D eigenvalue weighted by Gasteiger charge is 2.36. The summed E-state index contributed by atoms with van der Waals surface area (Å²) in [5, 5.41) is 0. The van der Waals surface area contributed by atoms with Crippen molar-refractivity contribution in [3.63, 3.8) is 0 Å². The van der Waals surface area contributed by atoms with E-state index in [0.717, 1.165) is 0 Å². The van der Waals surface area contributed by atoms with Crippen LogP contribution in [0.25, 0.3) is 0 Å². The monoisotopic (exact) mass is 241 g/mol. The second-order valence-corrected chi connectivity index (χ2v) is 5.44. The quantitative estimate of drug-likeness (QED) is 0.541. The molecule has 1 saturated heterocycles. The average molecular weight is 241 g/mol. The van der Waals surface area contributed by atoms with Gasteiger partial charge < -0.3 is 19.2 Å². The van der Waals surface area contributed by atoms with Crippen molar-refractivity contribution in [2.75, 3.05) is 13.1 Å². The predicted molar refractivity (Wildman–Crippen MR) is 61.6 cm³/mol. The summed E-state index contributed by atoms with van der Waals surface area (Å²) in [6.07, 6.45) is 1.74. The van der Waals surface area contributed by atoms with Gasteiger partial charge in [-0.1, -0.05) is 0 Å². The van der Waals surface area contributed by atoms with Crippen molar-refractivity contribution in [2.45, 2.75) is 39.2 Å². The van der Waals surface area contributed by atoms with Crippen LogP contribution in [0, 0.1) is 5.41 Å². The number of piperidine rings is 1. The fourth-order valence-corrected chi connectivity index (χ4v) is 1.70. The van der Waals surface area contributed by atoms with Gasteiger partial charge in [-0.25, -0.2) is 4.79 Å². The summed E-state index contributed by atoms with van der Waals surface area (Å²) in [5.74, 6) is 0. The molecule has 96 valence electrons. The first kappa shape index (κ1) is 13.7. The number of hydrogen-bond donors (Lipinski definition) is 0. The van der Waals surface area contributed by atoms with Gasteiger partial charge in [-0.05, 0) is 33.6 Å². The molecular weight excluding hydrogens is 222 g/mol. The van der Waals surface area contributed by atoms with Gasteiger partial charge in [0, 0.05) is 13.1 Å². The number of carbonyl (C=O) groups is 3. The third kappa shape index (κ3) is 3.54. The first-order valence-corrected chi connectivity index (χ1v) is 5.72. The van der Waals surface area contributed by atoms with Gasteiger partial charge in [-0.15, -0.1) is 0 Å². The second-order valence-electron chi connectivity index (χ2n) is 5.44. The van der Waals surface area contributed by atoms with Crippen molar-refractivity contribution in [3.8, 4) is 0 Å². The van der Waals surface area contributed by atoms with Crippen LogP contribution in [0.15, 0.2) is 0 Å². The normalized spacial score (nSPS) is 19.6. The van der Waals surface area contributed by atoms with Gasteiger partial charge in [0.05, 0.1) is 5.41 Å². The maximum atomic E-state index is 11.7. The molecule has 0 N–H and O–H groups in total. The number of nitrogens with zero attached hydrogens (tertiary/aromatic N) is 1. The van der Waals surface area contributed by atoms with Crippen LogP contribution in [0.2, 0.25) is 0 Å². The fraction of sp³-hybridized carbons (Fsp3) is 0.750. The molecule has 0 bridgehead atoms. The van der Waals surface area contributed by atoms with Crippen molar-refractivity contribution in [1.29, 1.82) is 0 Å². The van der Waals surface area contributed by atoms with E-state index in [2.05, 4.69) is 0 Å². The summed E-state index contributed by atoms with van der Waals surface area (Å²) in [4.78, 5) is 35.0. The molecule has 5 nitrogen and oxygen atoms in total. The molecule has 0 aliphatic carbocycles. The first-order valence-electron chi connectivity index (χ1n) is 5.72. The summed E-state index contributed by atoms with van der Waals surface area (Å²) in [7, 11) is 0. The van der Waals surface area contributed by atoms with E-state index in [9.17, 15) is 14.4 Å². The van der Waals surface area contributed by atoms with E-state index in [1.807, 2.05) is 0 Å². The minimum absolute atomic E-state index is 0.374. The average Bonchev–Trinajstić information content (AvgIpc) is 2.27. The summed E-state index contributed by atoms with van der Waals surface area (Å²) in [6, 6.07) is 0. The van der Waals surface area contributed by atoms with Crippen molar-refractivity contribution >= 4 is 18.7 Å². The molecule has 0 aromatic rings. The number of aldehydes is 2. The van der Waals surface area contributed by atoms with Gasteiger partial charge in [0.25, 0.3) is 0 Å². The largest absolute Gasteiger partial charge is 0.444 e. The van der Waals surface area contributed by atoms with Crippen LogP contribution in [0.3, 0.4) is 0 Å². The molecule has 0 radical (unpaired) electrons. The van der Waals surface area contributed by atoms with Crippen molar-refractivity contribution in [1.82, 2.24) is 4.90 Å². The Kier molecular flexibility index (Phi) is 3.91. The minimum atomic E-state index is -0.904. The molecule has 1 rings (SSSR count). The molecule has 1 aliphatic heterocycles. The van der Waals surface area contributed by atoms with Crippen LogP contribution in [0.5, 0.6) is 0 Å². The SMILES string of the molecule is CC(C)(C)OC(=O)N1CCC(C=O)(C=O)CC1. The molecule has 17 heavy (non-hydrogen) atoms. The third-order valence-corrected chi connectivity index (χ3v) is 2.82. The number of carbonyl (C=O) groups excluding carboxylic acids is 3. The number of amides is 1. The Hall–Kier alpha value is -1.39. The number of likely N-dealkylation sites (tertiary alicyclic amines) is 1. The summed E-state index contributed by atoms with van der Waals surface area (Å²) in [6.45, 7) is 6.17. The van der Waals surface area contributed by atoms with Crippen molar-refractivity contribution in [3.05, 3.63) is 0 Å². The smallest absolute Gasteiger partial charge is 0.410 e. The Labute approximate surface area is 101 Å². The third-order valence-electron chi connectivity index (χ3n) is 2.82. The molecule has 0 spiro atoms. The highest BCUT2D eigenvalue weighted by Crippen LogP contribution is 2.27. The summed E-state index contributed by atoms with van der Waals surface area (Å²) < 4.78 is 5.22. The Morgan fingerprint density at radius 2 is 1.65 bits per heavy atom. The van der Waals surface area contributed by atoms with Gasteiger partial charge >= 0.3 is 6.09 Å². The van der Waals surface area contributed by atoms with Gasteiger partial charge in [0.1, 0.15) is 18.2 Å². The Bertz CT molecular complexity index is 301. The molecule has 1 aliphatic rings. The zero-order valence-corrected chi connectivity index (χ0v) is 10.6. The van der Waals surface area contributed by atoms with Gasteiger partial charge in [-0.2, -0.15) is 0 Å². The van der Waals surface area contributed by atoms with E-state index in [-0.39, 0.29) is 6.09 Å². The van der Waals surface area contributed by atoms with Crippen LogP contribution >= 0.6 is 0 Å². The van der Waals surface area contributed by atoms with Gasteiger partial charge in [0.2, 0.25) is 0 Å². The predicted octanol–water partition coefficient (Wildman–Crippen LogP) is 1.40. The van der Waals surface area contributed by atoms with Gasteiger partial charge in [-0.3, -0.25) is 0 Å². The van der Waals surface area contributed by atoms with E-state index in [4.69, 9.17) is 4.74 Å². The minimum Gasteiger partial charge on any atom is -0.444 e. The summed E-state index contributed by atoms with van der Waals surface area (Å²) >= 11 is 0. The lowest BCUT2D eigenvalue weighted by atomic mass is 9.81. The molecule has 0 aromatic heterocycles. The lowest BCUT2D eigenvalue weighted by Crippen LogP contribution is -2.46. The number of hydrogen-bond acceptors (Lipinski definition) is 4. The molecule has 1 heterocycles. The maximum absolute atomic E-state index is 11.7. The maximum Gasteiger partial charge on any atom is 0.410 e. The molecule has 0 atom stereocenters.